The van der Waals surface area contributed by atoms with Gasteiger partial charge in [-0.2, -0.15) is 0 Å². The lowest BCUT2D eigenvalue weighted by molar-refractivity contribution is 0.102. The molecule has 0 radical (unpaired) electrons. The Bertz CT molecular complexity index is 916. The average Bonchev–Trinajstić information content (AvgIpc) is 3.16. The Hall–Kier alpha value is -2.96. The molecule has 6 nitrogen and oxygen atoms in total. The highest BCUT2D eigenvalue weighted by Crippen LogP contribution is 2.35. The molecule has 0 spiro atoms. The van der Waals surface area contributed by atoms with Crippen LogP contribution in [-0.2, 0) is 0 Å². The summed E-state index contributed by atoms with van der Waals surface area (Å²) in [4.78, 5) is 23.7. The van der Waals surface area contributed by atoms with Crippen LogP contribution in [0.2, 0.25) is 0 Å². The second kappa shape index (κ2) is 5.84. The SMILES string of the molecule is CC[C@@H]1CN2C=Nc3oc(C)c(C(=O)Nc4ccccc4F)c3C2=N1. The van der Waals surface area contributed by atoms with Crippen molar-refractivity contribution in [1.29, 1.82) is 0 Å². The predicted octanol–water partition coefficient (Wildman–Crippen LogP) is 3.49. The van der Waals surface area contributed by atoms with Crippen molar-refractivity contribution in [2.75, 3.05) is 11.9 Å². The summed E-state index contributed by atoms with van der Waals surface area (Å²) in [6.07, 6.45) is 2.58. The maximum atomic E-state index is 13.8. The van der Waals surface area contributed by atoms with Crippen LogP contribution in [0.4, 0.5) is 16.0 Å². The van der Waals surface area contributed by atoms with E-state index in [2.05, 4.69) is 22.2 Å². The van der Waals surface area contributed by atoms with Crippen LogP contribution in [-0.4, -0.2) is 35.6 Å². The highest BCUT2D eigenvalue weighted by molar-refractivity contribution is 6.19. The van der Waals surface area contributed by atoms with E-state index in [0.29, 0.717) is 28.6 Å². The summed E-state index contributed by atoms with van der Waals surface area (Å²) in [5, 5.41) is 2.61. The van der Waals surface area contributed by atoms with Crippen molar-refractivity contribution in [2.45, 2.75) is 26.3 Å². The van der Waals surface area contributed by atoms with Gasteiger partial charge in [0.2, 0.25) is 5.88 Å². The molecule has 0 saturated carbocycles. The van der Waals surface area contributed by atoms with Crippen molar-refractivity contribution >= 4 is 29.7 Å². The summed E-state index contributed by atoms with van der Waals surface area (Å²) >= 11 is 0. The Balaban J connectivity index is 1.75. The van der Waals surface area contributed by atoms with Crippen molar-refractivity contribution in [3.8, 4) is 0 Å². The molecule has 1 N–H and O–H groups in total. The molecule has 2 aliphatic rings. The number of hydrogen-bond donors (Lipinski definition) is 1. The number of para-hydroxylation sites is 1. The van der Waals surface area contributed by atoms with Crippen LogP contribution in [0.25, 0.3) is 0 Å². The number of aryl methyl sites for hydroxylation is 1. The minimum Gasteiger partial charge on any atom is -0.442 e. The molecule has 1 aromatic carbocycles. The molecule has 2 aromatic rings. The number of amidine groups is 1. The Kier molecular flexibility index (Phi) is 3.63. The Morgan fingerprint density at radius 2 is 2.24 bits per heavy atom. The highest BCUT2D eigenvalue weighted by atomic mass is 19.1. The summed E-state index contributed by atoms with van der Waals surface area (Å²) in [5.41, 5.74) is 1.04. The fraction of sp³-hybridized carbons (Fsp3) is 0.278. The number of aliphatic imine (C=N–C) groups is 2. The number of amides is 1. The molecule has 0 bridgehead atoms. The number of benzene rings is 1. The molecule has 25 heavy (non-hydrogen) atoms. The average molecular weight is 340 g/mol. The van der Waals surface area contributed by atoms with Crippen molar-refractivity contribution in [1.82, 2.24) is 4.90 Å². The van der Waals surface area contributed by atoms with Gasteiger partial charge in [0.05, 0.1) is 22.9 Å². The Morgan fingerprint density at radius 1 is 1.44 bits per heavy atom. The number of anilines is 1. The predicted molar refractivity (Wildman–Crippen MR) is 93.3 cm³/mol. The quantitative estimate of drug-likeness (QED) is 0.930. The van der Waals surface area contributed by atoms with E-state index in [1.165, 1.54) is 12.1 Å². The minimum atomic E-state index is -0.491. The number of furan rings is 1. The van der Waals surface area contributed by atoms with Crippen molar-refractivity contribution in [3.05, 3.63) is 47.0 Å². The molecule has 7 heteroatoms. The molecular weight excluding hydrogens is 323 g/mol. The molecule has 0 saturated heterocycles. The lowest BCUT2D eigenvalue weighted by Gasteiger charge is -2.18. The van der Waals surface area contributed by atoms with E-state index >= 15 is 0 Å². The largest absolute Gasteiger partial charge is 0.442 e. The van der Waals surface area contributed by atoms with Gasteiger partial charge in [-0.15, -0.1) is 0 Å². The van der Waals surface area contributed by atoms with Crippen LogP contribution in [0.1, 0.15) is 35.0 Å². The fourth-order valence-corrected chi connectivity index (χ4v) is 3.10. The van der Waals surface area contributed by atoms with Crippen LogP contribution in [0.5, 0.6) is 0 Å². The zero-order chi connectivity index (χ0) is 17.6. The van der Waals surface area contributed by atoms with E-state index in [9.17, 15) is 9.18 Å². The monoisotopic (exact) mass is 340 g/mol. The highest BCUT2D eigenvalue weighted by Gasteiger charge is 2.36. The van der Waals surface area contributed by atoms with Gasteiger partial charge >= 0.3 is 0 Å². The van der Waals surface area contributed by atoms with Crippen LogP contribution in [0, 0.1) is 12.7 Å². The molecule has 0 fully saturated rings. The van der Waals surface area contributed by atoms with Gasteiger partial charge in [0.15, 0.2) is 0 Å². The molecule has 0 unspecified atom stereocenters. The molecule has 1 aromatic heterocycles. The number of hydrogen-bond acceptors (Lipinski definition) is 5. The minimum absolute atomic E-state index is 0.123. The second-order valence-electron chi connectivity index (χ2n) is 6.06. The maximum absolute atomic E-state index is 13.8. The summed E-state index contributed by atoms with van der Waals surface area (Å²) in [6.45, 7) is 4.49. The normalized spacial score (nSPS) is 18.0. The van der Waals surface area contributed by atoms with Crippen LogP contribution in [0.3, 0.4) is 0 Å². The van der Waals surface area contributed by atoms with Gasteiger partial charge < -0.3 is 14.6 Å². The number of halogens is 1. The first-order chi connectivity index (χ1) is 12.1. The first kappa shape index (κ1) is 15.6. The van der Waals surface area contributed by atoms with Gasteiger partial charge in [-0.25, -0.2) is 9.38 Å². The maximum Gasteiger partial charge on any atom is 0.260 e. The number of carbonyl (C=O) groups is 1. The van der Waals surface area contributed by atoms with Gasteiger partial charge in [-0.1, -0.05) is 19.1 Å². The zero-order valence-corrected chi connectivity index (χ0v) is 13.9. The molecule has 128 valence electrons. The summed E-state index contributed by atoms with van der Waals surface area (Å²) in [5.74, 6) is 0.554. The lowest BCUT2D eigenvalue weighted by Crippen LogP contribution is -2.31. The van der Waals surface area contributed by atoms with E-state index in [1.54, 1.807) is 25.4 Å². The van der Waals surface area contributed by atoms with E-state index in [-0.39, 0.29) is 11.7 Å². The molecule has 0 aliphatic carbocycles. The molecule has 1 amide bonds. The van der Waals surface area contributed by atoms with Crippen molar-refractivity contribution in [2.24, 2.45) is 9.98 Å². The molecule has 2 aliphatic heterocycles. The van der Waals surface area contributed by atoms with Gasteiger partial charge in [-0.05, 0) is 25.5 Å². The van der Waals surface area contributed by atoms with Crippen LogP contribution >= 0.6 is 0 Å². The molecule has 1 atom stereocenters. The summed E-state index contributed by atoms with van der Waals surface area (Å²) in [7, 11) is 0. The summed E-state index contributed by atoms with van der Waals surface area (Å²) < 4.78 is 19.5. The van der Waals surface area contributed by atoms with Gasteiger partial charge in [-0.3, -0.25) is 9.79 Å². The van der Waals surface area contributed by atoms with Crippen molar-refractivity contribution < 1.29 is 13.6 Å². The third kappa shape index (κ3) is 2.52. The van der Waals surface area contributed by atoms with E-state index in [4.69, 9.17) is 4.42 Å². The molecular formula is C18H17FN4O2. The fourth-order valence-electron chi connectivity index (χ4n) is 3.10. The first-order valence-electron chi connectivity index (χ1n) is 8.16. The number of nitrogens with one attached hydrogen (secondary N) is 1. The van der Waals surface area contributed by atoms with Gasteiger partial charge in [0.1, 0.15) is 23.8 Å². The standard InChI is InChI=1S/C18H17FN4O2/c1-3-11-8-23-9-20-18-15(16(23)21-11)14(10(2)25-18)17(24)22-13-7-5-4-6-12(13)19/h4-7,9,11H,3,8H2,1-2H3,(H,22,24)/t11-/m1/s1. The van der Waals surface area contributed by atoms with Gasteiger partial charge in [0.25, 0.3) is 5.91 Å². The number of rotatable bonds is 3. The second-order valence-corrected chi connectivity index (χ2v) is 6.06. The molecule has 3 heterocycles. The van der Waals surface area contributed by atoms with E-state index in [0.717, 1.165) is 13.0 Å². The first-order valence-corrected chi connectivity index (χ1v) is 8.16. The Morgan fingerprint density at radius 3 is 3.00 bits per heavy atom. The van der Waals surface area contributed by atoms with Gasteiger partial charge in [0, 0.05) is 6.54 Å². The number of carbonyl (C=O) groups excluding carboxylic acids is 1. The van der Waals surface area contributed by atoms with Crippen molar-refractivity contribution in [3.63, 3.8) is 0 Å². The summed E-state index contributed by atoms with van der Waals surface area (Å²) in [6, 6.07) is 6.20. The zero-order valence-electron chi connectivity index (χ0n) is 13.9. The number of fused-ring (bicyclic) bond motifs is 3. The third-order valence-corrected chi connectivity index (χ3v) is 4.41. The van der Waals surface area contributed by atoms with Crippen LogP contribution < -0.4 is 5.32 Å². The third-order valence-electron chi connectivity index (χ3n) is 4.41. The van der Waals surface area contributed by atoms with E-state index in [1.807, 2.05) is 4.90 Å². The Labute approximate surface area is 144 Å². The lowest BCUT2D eigenvalue weighted by atomic mass is 10.1. The topological polar surface area (TPSA) is 70.2 Å². The van der Waals surface area contributed by atoms with E-state index < -0.39 is 11.7 Å². The van der Waals surface area contributed by atoms with Crippen LogP contribution in [0.15, 0.2) is 38.7 Å². The molecule has 4 rings (SSSR count). The number of nitrogens with zero attached hydrogens (tertiary/aromatic N) is 3. The smallest absolute Gasteiger partial charge is 0.260 e.